The van der Waals surface area contributed by atoms with Crippen molar-refractivity contribution in [1.82, 2.24) is 5.32 Å². The van der Waals surface area contributed by atoms with Crippen molar-refractivity contribution in [3.63, 3.8) is 0 Å². The smallest absolute Gasteiger partial charge is 0.251 e. The van der Waals surface area contributed by atoms with Gasteiger partial charge in [-0.25, -0.2) is 0 Å². The molecule has 0 spiro atoms. The Kier molecular flexibility index (Phi) is 6.60. The van der Waals surface area contributed by atoms with Crippen LogP contribution in [-0.2, 0) is 0 Å². The van der Waals surface area contributed by atoms with Gasteiger partial charge in [-0.2, -0.15) is 0 Å². The zero-order chi connectivity index (χ0) is 14.6. The van der Waals surface area contributed by atoms with Gasteiger partial charge in [-0.15, -0.1) is 0 Å². The fraction of sp³-hybridized carbons (Fsp3) is 0.500. The molecule has 1 amide bonds. The van der Waals surface area contributed by atoms with Crippen LogP contribution in [0.15, 0.2) is 18.2 Å². The Bertz CT molecular complexity index is 459. The fourth-order valence-electron chi connectivity index (χ4n) is 1.68. The van der Waals surface area contributed by atoms with Gasteiger partial charge in [-0.05, 0) is 52.6 Å². The number of alkyl halides is 1. The summed E-state index contributed by atoms with van der Waals surface area (Å²) in [6.07, 6.45) is 1.00. The van der Waals surface area contributed by atoms with Crippen LogP contribution in [0.4, 0.5) is 0 Å². The van der Waals surface area contributed by atoms with Gasteiger partial charge in [0, 0.05) is 20.5 Å². The second-order valence-corrected chi connectivity index (χ2v) is 8.57. The first-order valence-electron chi connectivity index (χ1n) is 6.06. The molecule has 1 aromatic carbocycles. The molecular formula is C14H18BrClINO. The Morgan fingerprint density at radius 1 is 1.47 bits per heavy atom. The number of benzene rings is 1. The lowest BCUT2D eigenvalue weighted by Crippen LogP contribution is -2.31. The normalized spacial score (nSPS) is 13.2. The van der Waals surface area contributed by atoms with Crippen LogP contribution >= 0.6 is 50.1 Å². The minimum Gasteiger partial charge on any atom is -0.351 e. The fourth-order valence-corrected chi connectivity index (χ4v) is 3.33. The molecule has 0 heterocycles. The van der Waals surface area contributed by atoms with E-state index in [-0.39, 0.29) is 16.1 Å². The van der Waals surface area contributed by atoms with Crippen LogP contribution in [0.3, 0.4) is 0 Å². The van der Waals surface area contributed by atoms with E-state index in [2.05, 4.69) is 64.6 Å². The van der Waals surface area contributed by atoms with Crippen molar-refractivity contribution in [2.45, 2.75) is 32.0 Å². The van der Waals surface area contributed by atoms with Crippen molar-refractivity contribution in [1.29, 1.82) is 0 Å². The van der Waals surface area contributed by atoms with E-state index in [1.54, 1.807) is 12.1 Å². The zero-order valence-electron chi connectivity index (χ0n) is 11.3. The number of hydrogen-bond acceptors (Lipinski definition) is 1. The molecule has 106 valence electrons. The van der Waals surface area contributed by atoms with Crippen LogP contribution in [0.5, 0.6) is 0 Å². The molecule has 19 heavy (non-hydrogen) atoms. The molecule has 0 saturated heterocycles. The third-order valence-corrected chi connectivity index (χ3v) is 4.72. The van der Waals surface area contributed by atoms with E-state index < -0.39 is 0 Å². The minimum atomic E-state index is -0.0864. The maximum atomic E-state index is 12.0. The first-order valence-corrected chi connectivity index (χ1v) is 8.43. The van der Waals surface area contributed by atoms with Crippen molar-refractivity contribution in [2.24, 2.45) is 5.41 Å². The van der Waals surface area contributed by atoms with Crippen LogP contribution in [0.1, 0.15) is 37.6 Å². The number of amides is 1. The summed E-state index contributed by atoms with van der Waals surface area (Å²) < 4.78 is 0.946. The lowest BCUT2D eigenvalue weighted by Gasteiger charge is -2.22. The molecule has 1 aromatic rings. The Hall–Kier alpha value is 0.190. The molecule has 1 N–H and O–H groups in total. The van der Waals surface area contributed by atoms with Gasteiger partial charge in [-0.3, -0.25) is 4.79 Å². The summed E-state index contributed by atoms with van der Waals surface area (Å²) in [6, 6.07) is 5.33. The molecular weight excluding hydrogens is 440 g/mol. The molecule has 5 heteroatoms. The largest absolute Gasteiger partial charge is 0.351 e. The van der Waals surface area contributed by atoms with E-state index in [9.17, 15) is 4.79 Å². The first-order chi connectivity index (χ1) is 8.69. The van der Waals surface area contributed by atoms with E-state index in [1.807, 2.05) is 6.07 Å². The van der Waals surface area contributed by atoms with Gasteiger partial charge in [-0.1, -0.05) is 48.3 Å². The average Bonchev–Trinajstić information content (AvgIpc) is 2.27. The maximum Gasteiger partial charge on any atom is 0.251 e. The van der Waals surface area contributed by atoms with Crippen LogP contribution in [0.25, 0.3) is 0 Å². The molecule has 0 aromatic heterocycles. The van der Waals surface area contributed by atoms with Crippen molar-refractivity contribution in [3.8, 4) is 0 Å². The number of rotatable bonds is 4. The number of nitrogens with one attached hydrogen (secondary N) is 1. The van der Waals surface area contributed by atoms with Gasteiger partial charge in [0.25, 0.3) is 5.91 Å². The molecule has 0 aliphatic rings. The van der Waals surface area contributed by atoms with Crippen molar-refractivity contribution < 1.29 is 4.79 Å². The summed E-state index contributed by atoms with van der Waals surface area (Å²) in [6.45, 7) is 7.16. The summed E-state index contributed by atoms with van der Waals surface area (Å²) in [4.78, 5) is 12.3. The molecule has 0 radical (unpaired) electrons. The van der Waals surface area contributed by atoms with Crippen molar-refractivity contribution in [2.75, 3.05) is 6.54 Å². The highest BCUT2D eigenvalue weighted by atomic mass is 127. The van der Waals surface area contributed by atoms with Crippen LogP contribution in [0.2, 0.25) is 5.02 Å². The number of carbonyl (C=O) groups is 1. The Balaban J connectivity index is 2.53. The highest BCUT2D eigenvalue weighted by Crippen LogP contribution is 2.24. The summed E-state index contributed by atoms with van der Waals surface area (Å²) in [5, 5.41) is 3.53. The molecule has 1 rings (SSSR count). The van der Waals surface area contributed by atoms with E-state index in [0.29, 0.717) is 17.1 Å². The Morgan fingerprint density at radius 3 is 2.63 bits per heavy atom. The SMILES string of the molecule is CC(C)(C)CC(Br)CNC(=O)c1ccc(I)c(Cl)c1. The predicted octanol–water partition coefficient (Wildman–Crippen LogP) is 4.87. The van der Waals surface area contributed by atoms with E-state index in [4.69, 9.17) is 11.6 Å². The molecule has 1 atom stereocenters. The van der Waals surface area contributed by atoms with Crippen molar-refractivity contribution in [3.05, 3.63) is 32.4 Å². The van der Waals surface area contributed by atoms with Gasteiger partial charge < -0.3 is 5.32 Å². The number of halogens is 3. The third-order valence-electron chi connectivity index (χ3n) is 2.50. The summed E-state index contributed by atoms with van der Waals surface area (Å²) in [7, 11) is 0. The minimum absolute atomic E-state index is 0.0864. The van der Waals surface area contributed by atoms with Crippen LogP contribution in [-0.4, -0.2) is 17.3 Å². The number of carbonyl (C=O) groups excluding carboxylic acids is 1. The van der Waals surface area contributed by atoms with E-state index in [1.165, 1.54) is 0 Å². The Labute approximate surface area is 141 Å². The summed E-state index contributed by atoms with van der Waals surface area (Å²) in [5.74, 6) is -0.0864. The van der Waals surface area contributed by atoms with E-state index >= 15 is 0 Å². The second kappa shape index (κ2) is 7.27. The molecule has 2 nitrogen and oxygen atoms in total. The predicted molar refractivity (Wildman–Crippen MR) is 93.3 cm³/mol. The average molecular weight is 459 g/mol. The van der Waals surface area contributed by atoms with Gasteiger partial charge in [0.2, 0.25) is 0 Å². The lowest BCUT2D eigenvalue weighted by atomic mass is 9.90. The van der Waals surface area contributed by atoms with Crippen LogP contribution < -0.4 is 5.32 Å². The lowest BCUT2D eigenvalue weighted by molar-refractivity contribution is 0.0952. The highest BCUT2D eigenvalue weighted by Gasteiger charge is 2.17. The summed E-state index contributed by atoms with van der Waals surface area (Å²) >= 11 is 11.7. The van der Waals surface area contributed by atoms with E-state index in [0.717, 1.165) is 9.99 Å². The first kappa shape index (κ1) is 17.2. The molecule has 0 aliphatic heterocycles. The quantitative estimate of drug-likeness (QED) is 0.506. The van der Waals surface area contributed by atoms with Gasteiger partial charge in [0.15, 0.2) is 0 Å². The van der Waals surface area contributed by atoms with Gasteiger partial charge in [0.05, 0.1) is 5.02 Å². The molecule has 1 unspecified atom stereocenters. The number of hydrogen-bond donors (Lipinski definition) is 1. The zero-order valence-corrected chi connectivity index (χ0v) is 15.8. The van der Waals surface area contributed by atoms with Gasteiger partial charge >= 0.3 is 0 Å². The second-order valence-electron chi connectivity index (χ2n) is 5.70. The molecule has 0 bridgehead atoms. The highest BCUT2D eigenvalue weighted by molar-refractivity contribution is 14.1. The monoisotopic (exact) mass is 457 g/mol. The maximum absolute atomic E-state index is 12.0. The Morgan fingerprint density at radius 2 is 2.11 bits per heavy atom. The standard InChI is InChI=1S/C14H18BrClINO/c1-14(2,3)7-10(15)8-18-13(19)9-4-5-12(17)11(16)6-9/h4-6,10H,7-8H2,1-3H3,(H,18,19). The van der Waals surface area contributed by atoms with Crippen LogP contribution in [0, 0.1) is 8.99 Å². The summed E-state index contributed by atoms with van der Waals surface area (Å²) in [5.41, 5.74) is 0.839. The van der Waals surface area contributed by atoms with Gasteiger partial charge in [0.1, 0.15) is 0 Å². The van der Waals surface area contributed by atoms with Crippen molar-refractivity contribution >= 4 is 56.0 Å². The topological polar surface area (TPSA) is 29.1 Å². The molecule has 0 fully saturated rings. The molecule has 0 aliphatic carbocycles. The third kappa shape index (κ3) is 6.45. The molecule has 0 saturated carbocycles.